The average molecular weight is 438 g/mol. The van der Waals surface area contributed by atoms with Gasteiger partial charge in [0.1, 0.15) is 11.0 Å². The Morgan fingerprint density at radius 1 is 1.39 bits per heavy atom. The molecule has 23 heavy (non-hydrogen) atoms. The van der Waals surface area contributed by atoms with Crippen LogP contribution in [-0.2, 0) is 6.54 Å². The number of allylic oxidation sites excluding steroid dienone is 3. The minimum Gasteiger partial charge on any atom is -0.326 e. The molecule has 124 valence electrons. The van der Waals surface area contributed by atoms with Crippen LogP contribution < -0.4 is 0 Å². The molecule has 0 spiro atoms. The highest BCUT2D eigenvalue weighted by Crippen LogP contribution is 2.28. The first-order chi connectivity index (χ1) is 11.0. The second kappa shape index (κ2) is 10.9. The zero-order chi connectivity index (χ0) is 17.2. The van der Waals surface area contributed by atoms with E-state index in [1.165, 1.54) is 5.54 Å². The molecule has 0 aliphatic rings. The van der Waals surface area contributed by atoms with Gasteiger partial charge < -0.3 is 4.57 Å². The van der Waals surface area contributed by atoms with E-state index in [4.69, 9.17) is 34.8 Å². The minimum atomic E-state index is 0.386. The lowest BCUT2D eigenvalue weighted by Gasteiger charge is -2.08. The first-order valence-electron chi connectivity index (χ1n) is 6.91. The van der Waals surface area contributed by atoms with E-state index in [1.807, 2.05) is 17.6 Å². The van der Waals surface area contributed by atoms with Crippen molar-refractivity contribution in [3.05, 3.63) is 57.0 Å². The SMILES string of the molecule is C/C=C\CC.Cl/C=C(\Cl)Cn1ccnc1-c1cc(Br)cnc1Cl. The molecule has 2 heterocycles. The number of pyridine rings is 1. The lowest BCUT2D eigenvalue weighted by Crippen LogP contribution is -2.00. The lowest BCUT2D eigenvalue weighted by molar-refractivity contribution is 0.820. The van der Waals surface area contributed by atoms with E-state index in [-0.39, 0.29) is 0 Å². The fourth-order valence-electron chi connectivity index (χ4n) is 1.69. The number of imidazole rings is 1. The normalized spacial score (nSPS) is 11.5. The van der Waals surface area contributed by atoms with Gasteiger partial charge >= 0.3 is 0 Å². The monoisotopic (exact) mass is 435 g/mol. The lowest BCUT2D eigenvalue weighted by atomic mass is 10.2. The van der Waals surface area contributed by atoms with Gasteiger partial charge in [-0.15, -0.1) is 0 Å². The molecule has 2 rings (SSSR count). The molecule has 0 radical (unpaired) electrons. The molecular weight excluding hydrogens is 420 g/mol. The quantitative estimate of drug-likeness (QED) is 0.396. The maximum absolute atomic E-state index is 6.07. The first kappa shape index (κ1) is 20.2. The molecule has 0 atom stereocenters. The molecule has 0 aromatic carbocycles. The van der Waals surface area contributed by atoms with Crippen molar-refractivity contribution >= 4 is 50.7 Å². The van der Waals surface area contributed by atoms with E-state index < -0.39 is 0 Å². The van der Waals surface area contributed by atoms with Gasteiger partial charge in [-0.25, -0.2) is 9.97 Å². The Morgan fingerprint density at radius 2 is 2.13 bits per heavy atom. The maximum atomic E-state index is 6.07. The van der Waals surface area contributed by atoms with E-state index in [0.29, 0.717) is 22.6 Å². The second-order valence-corrected chi connectivity index (χ2v) is 6.38. The van der Waals surface area contributed by atoms with Gasteiger partial charge in [-0.05, 0) is 35.3 Å². The summed E-state index contributed by atoms with van der Waals surface area (Å²) in [7, 11) is 0. The van der Waals surface area contributed by atoms with Gasteiger partial charge in [0.2, 0.25) is 0 Å². The van der Waals surface area contributed by atoms with Crippen LogP contribution in [0.25, 0.3) is 11.4 Å². The third kappa shape index (κ3) is 6.68. The summed E-state index contributed by atoms with van der Waals surface area (Å²) in [6.45, 7) is 4.59. The van der Waals surface area contributed by atoms with Crippen LogP contribution in [0.15, 0.2) is 51.8 Å². The highest BCUT2D eigenvalue weighted by Gasteiger charge is 2.12. The van der Waals surface area contributed by atoms with E-state index >= 15 is 0 Å². The zero-order valence-electron chi connectivity index (χ0n) is 12.8. The Morgan fingerprint density at radius 3 is 2.70 bits per heavy atom. The fraction of sp³-hybridized carbons (Fsp3) is 0.250. The molecule has 3 nitrogen and oxygen atoms in total. The minimum absolute atomic E-state index is 0.386. The molecule has 0 bridgehead atoms. The van der Waals surface area contributed by atoms with E-state index in [9.17, 15) is 0 Å². The van der Waals surface area contributed by atoms with E-state index in [0.717, 1.165) is 16.5 Å². The Bertz CT molecular complexity index is 681. The largest absolute Gasteiger partial charge is 0.326 e. The summed E-state index contributed by atoms with van der Waals surface area (Å²) >= 11 is 20.9. The van der Waals surface area contributed by atoms with Crippen molar-refractivity contribution < 1.29 is 0 Å². The van der Waals surface area contributed by atoms with Crippen molar-refractivity contribution in [3.8, 4) is 11.4 Å². The fourth-order valence-corrected chi connectivity index (χ4v) is 2.41. The van der Waals surface area contributed by atoms with Gasteiger partial charge in [0.15, 0.2) is 0 Å². The highest BCUT2D eigenvalue weighted by atomic mass is 79.9. The summed E-state index contributed by atoms with van der Waals surface area (Å²) in [5.41, 5.74) is 2.06. The molecule has 0 saturated heterocycles. The molecule has 0 saturated carbocycles. The first-order valence-corrected chi connectivity index (χ1v) is 8.90. The van der Waals surface area contributed by atoms with Crippen LogP contribution in [0, 0.1) is 0 Å². The summed E-state index contributed by atoms with van der Waals surface area (Å²) in [6, 6.07) is 1.85. The molecule has 7 heteroatoms. The van der Waals surface area contributed by atoms with Crippen molar-refractivity contribution in [2.75, 3.05) is 0 Å². The Kier molecular flexibility index (Phi) is 9.56. The Balaban J connectivity index is 0.000000463. The second-order valence-electron chi connectivity index (χ2n) is 4.40. The number of halogens is 4. The molecule has 2 aromatic heterocycles. The molecule has 0 fully saturated rings. The molecule has 0 unspecified atom stereocenters. The zero-order valence-corrected chi connectivity index (χ0v) is 16.7. The number of nitrogens with zero attached hydrogens (tertiary/aromatic N) is 3. The van der Waals surface area contributed by atoms with E-state index in [1.54, 1.807) is 18.6 Å². The van der Waals surface area contributed by atoms with Crippen molar-refractivity contribution in [1.82, 2.24) is 14.5 Å². The summed E-state index contributed by atoms with van der Waals surface area (Å²) in [4.78, 5) is 8.33. The number of aromatic nitrogens is 3. The van der Waals surface area contributed by atoms with Gasteiger partial charge in [-0.2, -0.15) is 0 Å². The van der Waals surface area contributed by atoms with Crippen molar-refractivity contribution in [2.24, 2.45) is 0 Å². The maximum Gasteiger partial charge on any atom is 0.143 e. The highest BCUT2D eigenvalue weighted by molar-refractivity contribution is 9.10. The van der Waals surface area contributed by atoms with Crippen LogP contribution in [-0.4, -0.2) is 14.5 Å². The van der Waals surface area contributed by atoms with Gasteiger partial charge in [-0.3, -0.25) is 0 Å². The number of rotatable bonds is 4. The van der Waals surface area contributed by atoms with Crippen LogP contribution >= 0.6 is 50.7 Å². The van der Waals surface area contributed by atoms with Crippen LogP contribution in [0.3, 0.4) is 0 Å². The third-order valence-corrected chi connectivity index (χ3v) is 4.01. The van der Waals surface area contributed by atoms with Crippen molar-refractivity contribution in [3.63, 3.8) is 0 Å². The summed E-state index contributed by atoms with van der Waals surface area (Å²) in [6.07, 6.45) is 10.4. The smallest absolute Gasteiger partial charge is 0.143 e. The molecule has 0 aliphatic heterocycles. The van der Waals surface area contributed by atoms with Gasteiger partial charge in [0.25, 0.3) is 0 Å². The van der Waals surface area contributed by atoms with Crippen LogP contribution in [0.2, 0.25) is 5.15 Å². The molecule has 0 N–H and O–H groups in total. The Hall–Kier alpha value is -0.810. The molecule has 0 aliphatic carbocycles. The summed E-state index contributed by atoms with van der Waals surface area (Å²) in [5, 5.41) is 0.895. The van der Waals surface area contributed by atoms with Crippen LogP contribution in [0.5, 0.6) is 0 Å². The Labute approximate surface area is 160 Å². The molecular formula is C16H17BrCl3N3. The molecule has 2 aromatic rings. The standard InChI is InChI=1S/C11H7BrCl3N3.C5H10/c12-7-3-9(10(15)17-5-7)11-16-1-2-18(11)6-8(14)4-13;1-3-5-4-2/h1-5H,6H2;3,5H,4H2,1-2H3/b8-4-;5-3-. The predicted molar refractivity (Wildman–Crippen MR) is 103 cm³/mol. The van der Waals surface area contributed by atoms with Crippen LogP contribution in [0.1, 0.15) is 20.3 Å². The summed E-state index contributed by atoms with van der Waals surface area (Å²) in [5.74, 6) is 0.686. The predicted octanol–water partition coefficient (Wildman–Crippen LogP) is 6.65. The van der Waals surface area contributed by atoms with E-state index in [2.05, 4.69) is 45.0 Å². The van der Waals surface area contributed by atoms with Crippen molar-refractivity contribution in [1.29, 1.82) is 0 Å². The molecule has 0 amide bonds. The van der Waals surface area contributed by atoms with Crippen LogP contribution in [0.4, 0.5) is 0 Å². The number of hydrogen-bond donors (Lipinski definition) is 0. The van der Waals surface area contributed by atoms with Gasteiger partial charge in [-0.1, -0.05) is 53.9 Å². The average Bonchev–Trinajstić information content (AvgIpc) is 2.99. The van der Waals surface area contributed by atoms with Gasteiger partial charge in [0.05, 0.1) is 12.1 Å². The third-order valence-electron chi connectivity index (χ3n) is 2.67. The van der Waals surface area contributed by atoms with Gasteiger partial charge in [0, 0.05) is 33.6 Å². The van der Waals surface area contributed by atoms with Crippen molar-refractivity contribution in [2.45, 2.75) is 26.8 Å². The summed E-state index contributed by atoms with van der Waals surface area (Å²) < 4.78 is 2.67. The topological polar surface area (TPSA) is 30.7 Å². The number of hydrogen-bond acceptors (Lipinski definition) is 2.